The van der Waals surface area contributed by atoms with Gasteiger partial charge in [0.2, 0.25) is 0 Å². The van der Waals surface area contributed by atoms with Crippen LogP contribution in [0.2, 0.25) is 0 Å². The van der Waals surface area contributed by atoms with Crippen LogP contribution in [-0.4, -0.2) is 33.3 Å². The molecule has 0 saturated heterocycles. The Balaban J connectivity index is 0.00000242. The third-order valence-electron chi connectivity index (χ3n) is 3.90. The summed E-state index contributed by atoms with van der Waals surface area (Å²) in [6.45, 7) is 8.88. The van der Waals surface area contributed by atoms with Gasteiger partial charge < -0.3 is 15.2 Å². The van der Waals surface area contributed by atoms with E-state index < -0.39 is 0 Å². The van der Waals surface area contributed by atoms with Crippen LogP contribution in [0.15, 0.2) is 4.99 Å². The van der Waals surface area contributed by atoms with Crippen LogP contribution in [0.1, 0.15) is 58.1 Å². The summed E-state index contributed by atoms with van der Waals surface area (Å²) in [5.74, 6) is 2.96. The molecule has 0 spiro atoms. The maximum absolute atomic E-state index is 4.65. The number of aromatic nitrogens is 3. The molecule has 6 nitrogen and oxygen atoms in total. The zero-order valence-electron chi connectivity index (χ0n) is 13.9. The largest absolute Gasteiger partial charge is 0.357 e. The summed E-state index contributed by atoms with van der Waals surface area (Å²) in [6.07, 6.45) is 5.84. The fraction of sp³-hybridized carbons (Fsp3) is 0.800. The first-order valence-electron chi connectivity index (χ1n) is 8.20. The minimum Gasteiger partial charge on any atom is -0.357 e. The maximum atomic E-state index is 4.65. The van der Waals surface area contributed by atoms with E-state index in [2.05, 4.69) is 51.2 Å². The molecular formula is C15H29IN6. The predicted octanol–water partition coefficient (Wildman–Crippen LogP) is 2.48. The second kappa shape index (κ2) is 10.0. The molecule has 22 heavy (non-hydrogen) atoms. The zero-order valence-corrected chi connectivity index (χ0v) is 16.3. The van der Waals surface area contributed by atoms with E-state index >= 15 is 0 Å². The molecule has 1 aromatic heterocycles. The standard InChI is InChI=1S/C15H28N6.HI/c1-4-12(3)18-15(16-5-2)17-11-14-20-19-13-9-7-6-8-10-21(13)14;/h12H,4-11H2,1-3H3,(H2,16,17,18);1H. The first-order valence-corrected chi connectivity index (χ1v) is 8.20. The van der Waals surface area contributed by atoms with Crippen molar-refractivity contribution in [1.29, 1.82) is 0 Å². The van der Waals surface area contributed by atoms with Crippen LogP contribution in [0, 0.1) is 0 Å². The third-order valence-corrected chi connectivity index (χ3v) is 3.90. The van der Waals surface area contributed by atoms with Gasteiger partial charge in [-0.15, -0.1) is 34.2 Å². The Labute approximate surface area is 150 Å². The molecular weight excluding hydrogens is 391 g/mol. The van der Waals surface area contributed by atoms with Gasteiger partial charge in [0.1, 0.15) is 12.4 Å². The highest BCUT2D eigenvalue weighted by Crippen LogP contribution is 2.14. The van der Waals surface area contributed by atoms with Crippen molar-refractivity contribution >= 4 is 29.9 Å². The first kappa shape index (κ1) is 19.2. The summed E-state index contributed by atoms with van der Waals surface area (Å²) in [5, 5.41) is 15.3. The number of aliphatic imine (C=N–C) groups is 1. The molecule has 2 rings (SSSR count). The van der Waals surface area contributed by atoms with Crippen molar-refractivity contribution in [3.63, 3.8) is 0 Å². The van der Waals surface area contributed by atoms with Crippen molar-refractivity contribution in [2.45, 2.75) is 72.0 Å². The van der Waals surface area contributed by atoms with Crippen molar-refractivity contribution in [2.75, 3.05) is 6.54 Å². The van der Waals surface area contributed by atoms with Gasteiger partial charge in [-0.25, -0.2) is 4.99 Å². The Hall–Kier alpha value is -0.860. The van der Waals surface area contributed by atoms with Crippen LogP contribution in [0.5, 0.6) is 0 Å². The van der Waals surface area contributed by atoms with Gasteiger partial charge in [-0.3, -0.25) is 0 Å². The van der Waals surface area contributed by atoms with Gasteiger partial charge in [-0.05, 0) is 33.1 Å². The van der Waals surface area contributed by atoms with E-state index in [9.17, 15) is 0 Å². The summed E-state index contributed by atoms with van der Waals surface area (Å²) in [5.41, 5.74) is 0. The highest BCUT2D eigenvalue weighted by Gasteiger charge is 2.14. The van der Waals surface area contributed by atoms with Crippen molar-refractivity contribution in [3.8, 4) is 0 Å². The number of nitrogens with zero attached hydrogens (tertiary/aromatic N) is 4. The Morgan fingerprint density at radius 3 is 2.82 bits per heavy atom. The lowest BCUT2D eigenvalue weighted by Gasteiger charge is -2.16. The van der Waals surface area contributed by atoms with Gasteiger partial charge in [0.25, 0.3) is 0 Å². The topological polar surface area (TPSA) is 67.1 Å². The Kier molecular flexibility index (Phi) is 8.74. The number of halogens is 1. The van der Waals surface area contributed by atoms with Crippen LogP contribution in [-0.2, 0) is 19.5 Å². The first-order chi connectivity index (χ1) is 10.2. The summed E-state index contributed by atoms with van der Waals surface area (Å²) in [7, 11) is 0. The minimum atomic E-state index is 0. The number of fused-ring (bicyclic) bond motifs is 1. The predicted molar refractivity (Wildman–Crippen MR) is 101 cm³/mol. The van der Waals surface area contributed by atoms with E-state index in [4.69, 9.17) is 0 Å². The van der Waals surface area contributed by atoms with Gasteiger partial charge in [0.05, 0.1) is 0 Å². The van der Waals surface area contributed by atoms with Crippen molar-refractivity contribution in [1.82, 2.24) is 25.4 Å². The molecule has 0 bridgehead atoms. The van der Waals surface area contributed by atoms with E-state index in [0.717, 1.165) is 43.5 Å². The normalized spacial score (nSPS) is 16.2. The Morgan fingerprint density at radius 2 is 2.09 bits per heavy atom. The molecule has 1 aliphatic heterocycles. The van der Waals surface area contributed by atoms with E-state index in [1.54, 1.807) is 0 Å². The van der Waals surface area contributed by atoms with Gasteiger partial charge in [0, 0.05) is 25.6 Å². The summed E-state index contributed by atoms with van der Waals surface area (Å²) >= 11 is 0. The van der Waals surface area contributed by atoms with E-state index in [1.807, 2.05) is 0 Å². The second-order valence-corrected chi connectivity index (χ2v) is 5.64. The fourth-order valence-electron chi connectivity index (χ4n) is 2.47. The molecule has 2 heterocycles. The van der Waals surface area contributed by atoms with Crippen molar-refractivity contribution in [2.24, 2.45) is 4.99 Å². The number of hydrogen-bond acceptors (Lipinski definition) is 3. The number of nitrogens with one attached hydrogen (secondary N) is 2. The molecule has 2 N–H and O–H groups in total. The van der Waals surface area contributed by atoms with Gasteiger partial charge in [-0.1, -0.05) is 13.3 Å². The van der Waals surface area contributed by atoms with Crippen LogP contribution < -0.4 is 10.6 Å². The van der Waals surface area contributed by atoms with E-state index in [-0.39, 0.29) is 24.0 Å². The Morgan fingerprint density at radius 1 is 1.27 bits per heavy atom. The monoisotopic (exact) mass is 420 g/mol. The summed E-state index contributed by atoms with van der Waals surface area (Å²) in [6, 6.07) is 0.415. The molecule has 0 amide bonds. The zero-order chi connectivity index (χ0) is 15.1. The highest BCUT2D eigenvalue weighted by atomic mass is 127. The number of guanidine groups is 1. The number of rotatable bonds is 5. The highest BCUT2D eigenvalue weighted by molar-refractivity contribution is 14.0. The fourth-order valence-corrected chi connectivity index (χ4v) is 2.47. The summed E-state index contributed by atoms with van der Waals surface area (Å²) < 4.78 is 2.25. The molecule has 1 unspecified atom stereocenters. The molecule has 1 aliphatic rings. The molecule has 0 saturated carbocycles. The summed E-state index contributed by atoms with van der Waals surface area (Å²) in [4.78, 5) is 4.65. The van der Waals surface area contributed by atoms with Gasteiger partial charge in [0.15, 0.2) is 11.8 Å². The SMILES string of the molecule is CCNC(=NCc1nnc2n1CCCCC2)NC(C)CC.I. The van der Waals surface area contributed by atoms with Crippen LogP contribution >= 0.6 is 24.0 Å². The number of aryl methyl sites for hydroxylation is 1. The molecule has 7 heteroatoms. The number of hydrogen-bond donors (Lipinski definition) is 2. The molecule has 0 aromatic carbocycles. The minimum absolute atomic E-state index is 0. The molecule has 1 aromatic rings. The van der Waals surface area contributed by atoms with Gasteiger partial charge in [-0.2, -0.15) is 0 Å². The van der Waals surface area contributed by atoms with Crippen LogP contribution in [0.4, 0.5) is 0 Å². The van der Waals surface area contributed by atoms with E-state index in [0.29, 0.717) is 12.6 Å². The van der Waals surface area contributed by atoms with Gasteiger partial charge >= 0.3 is 0 Å². The van der Waals surface area contributed by atoms with E-state index in [1.165, 1.54) is 19.3 Å². The molecule has 0 aliphatic carbocycles. The lowest BCUT2D eigenvalue weighted by Crippen LogP contribution is -2.42. The Bertz CT molecular complexity index is 471. The average molecular weight is 420 g/mol. The lowest BCUT2D eigenvalue weighted by molar-refractivity contribution is 0.601. The third kappa shape index (κ3) is 5.40. The smallest absolute Gasteiger partial charge is 0.191 e. The van der Waals surface area contributed by atoms with Crippen molar-refractivity contribution in [3.05, 3.63) is 11.6 Å². The molecule has 0 fully saturated rings. The van der Waals surface area contributed by atoms with Crippen molar-refractivity contribution < 1.29 is 0 Å². The lowest BCUT2D eigenvalue weighted by atomic mass is 10.2. The average Bonchev–Trinajstić information content (AvgIpc) is 2.71. The quantitative estimate of drug-likeness (QED) is 0.437. The van der Waals surface area contributed by atoms with Crippen LogP contribution in [0.25, 0.3) is 0 Å². The molecule has 126 valence electrons. The molecule has 0 radical (unpaired) electrons. The second-order valence-electron chi connectivity index (χ2n) is 5.64. The van der Waals surface area contributed by atoms with Crippen LogP contribution in [0.3, 0.4) is 0 Å². The molecule has 1 atom stereocenters. The maximum Gasteiger partial charge on any atom is 0.191 e.